The average Bonchev–Trinajstić information content (AvgIpc) is 2.66. The number of rotatable bonds is 3. The van der Waals surface area contributed by atoms with Gasteiger partial charge in [0.1, 0.15) is 10.5 Å². The second-order valence-electron chi connectivity index (χ2n) is 5.78. The molecule has 2 N–H and O–H groups in total. The van der Waals surface area contributed by atoms with Crippen LogP contribution in [-0.4, -0.2) is 29.3 Å². The van der Waals surface area contributed by atoms with Crippen molar-refractivity contribution >= 4 is 12.2 Å². The van der Waals surface area contributed by atoms with Crippen LogP contribution in [0.3, 0.4) is 0 Å². The molecule has 0 saturated heterocycles. The van der Waals surface area contributed by atoms with Gasteiger partial charge in [0.05, 0.1) is 25.3 Å². The lowest BCUT2D eigenvalue weighted by Crippen LogP contribution is -2.08. The van der Waals surface area contributed by atoms with E-state index in [0.717, 1.165) is 11.1 Å². The van der Waals surface area contributed by atoms with E-state index in [0.29, 0.717) is 45.6 Å². The van der Waals surface area contributed by atoms with Gasteiger partial charge in [0.2, 0.25) is 5.88 Å². The van der Waals surface area contributed by atoms with Gasteiger partial charge in [0.15, 0.2) is 23.0 Å². The number of para-hydroxylation sites is 2. The number of nitrogens with zero attached hydrogens (tertiary/aromatic N) is 1. The molecule has 2 aromatic carbocycles. The van der Waals surface area contributed by atoms with Gasteiger partial charge < -0.3 is 24.3 Å². The maximum atomic E-state index is 10.1. The predicted octanol–water partition coefficient (Wildman–Crippen LogP) is 4.23. The number of fused-ring (bicyclic) bond motifs is 2. The summed E-state index contributed by atoms with van der Waals surface area (Å²) in [6.45, 7) is 0. The van der Waals surface area contributed by atoms with Gasteiger partial charge in [-0.1, -0.05) is 30.4 Å². The van der Waals surface area contributed by atoms with Crippen molar-refractivity contribution in [1.82, 2.24) is 9.97 Å². The zero-order valence-corrected chi connectivity index (χ0v) is 15.0. The molecule has 0 unspecified atom stereocenters. The topological polar surface area (TPSA) is 76.6 Å². The smallest absolute Gasteiger partial charge is 0.205 e. The zero-order chi connectivity index (χ0) is 18.3. The first-order chi connectivity index (χ1) is 12.6. The lowest BCUT2D eigenvalue weighted by Gasteiger charge is -2.21. The second kappa shape index (κ2) is 6.34. The molecule has 1 aliphatic heterocycles. The maximum absolute atomic E-state index is 10.1. The molecule has 0 fully saturated rings. The molecule has 7 heteroatoms. The van der Waals surface area contributed by atoms with Crippen molar-refractivity contribution in [3.63, 3.8) is 0 Å². The Morgan fingerprint density at radius 1 is 1.15 bits per heavy atom. The van der Waals surface area contributed by atoms with Crippen LogP contribution in [0.2, 0.25) is 0 Å². The molecule has 0 spiro atoms. The number of phenolic OH excluding ortho intramolecular Hbond substituents is 1. The Labute approximate surface area is 155 Å². The van der Waals surface area contributed by atoms with Crippen molar-refractivity contribution in [3.8, 4) is 40.3 Å². The Balaban J connectivity index is 1.86. The van der Waals surface area contributed by atoms with Crippen LogP contribution in [0.5, 0.6) is 28.9 Å². The summed E-state index contributed by atoms with van der Waals surface area (Å²) >= 11 is 5.48. The molecule has 132 valence electrons. The van der Waals surface area contributed by atoms with E-state index in [1.807, 2.05) is 18.2 Å². The van der Waals surface area contributed by atoms with Gasteiger partial charge in [0.25, 0.3) is 0 Å². The largest absolute Gasteiger partial charge is 0.504 e. The first-order valence-electron chi connectivity index (χ1n) is 7.95. The molecule has 0 amide bonds. The fraction of sp³-hybridized carbons (Fsp3) is 0.158. The molecule has 0 atom stereocenters. The number of methoxy groups -OCH3 is 2. The number of ether oxygens (including phenoxy) is 3. The number of hydrogen-bond acceptors (Lipinski definition) is 6. The molecule has 6 nitrogen and oxygen atoms in total. The van der Waals surface area contributed by atoms with Gasteiger partial charge >= 0.3 is 0 Å². The van der Waals surface area contributed by atoms with Crippen LogP contribution in [0.4, 0.5) is 0 Å². The molecule has 26 heavy (non-hydrogen) atoms. The van der Waals surface area contributed by atoms with Crippen LogP contribution in [0, 0.1) is 4.64 Å². The number of aromatic amines is 1. The van der Waals surface area contributed by atoms with Gasteiger partial charge in [-0.2, -0.15) is 0 Å². The zero-order valence-electron chi connectivity index (χ0n) is 14.2. The molecule has 0 radical (unpaired) electrons. The van der Waals surface area contributed by atoms with Gasteiger partial charge in [-0.3, -0.25) is 0 Å². The highest BCUT2D eigenvalue weighted by atomic mass is 32.1. The number of hydrogen-bond donors (Lipinski definition) is 2. The Bertz CT molecular complexity index is 1060. The van der Waals surface area contributed by atoms with E-state index in [1.54, 1.807) is 32.4 Å². The van der Waals surface area contributed by atoms with E-state index < -0.39 is 0 Å². The summed E-state index contributed by atoms with van der Waals surface area (Å²) in [6, 6.07) is 10.8. The molecule has 0 aliphatic carbocycles. The summed E-state index contributed by atoms with van der Waals surface area (Å²) in [7, 11) is 3.14. The maximum Gasteiger partial charge on any atom is 0.205 e. The van der Waals surface area contributed by atoms with E-state index in [9.17, 15) is 5.11 Å². The third-order valence-corrected chi connectivity index (χ3v) is 4.62. The van der Waals surface area contributed by atoms with Crippen molar-refractivity contribution in [1.29, 1.82) is 0 Å². The lowest BCUT2D eigenvalue weighted by molar-refractivity contribution is 0.356. The van der Waals surface area contributed by atoms with Crippen LogP contribution in [-0.2, 0) is 6.42 Å². The van der Waals surface area contributed by atoms with E-state index in [1.165, 1.54) is 0 Å². The van der Waals surface area contributed by atoms with E-state index >= 15 is 0 Å². The number of H-pyrrole nitrogens is 1. The second-order valence-corrected chi connectivity index (χ2v) is 6.17. The summed E-state index contributed by atoms with van der Waals surface area (Å²) in [5.41, 5.74) is 2.35. The monoisotopic (exact) mass is 368 g/mol. The Morgan fingerprint density at radius 3 is 2.73 bits per heavy atom. The lowest BCUT2D eigenvalue weighted by atomic mass is 10.0. The number of benzene rings is 2. The fourth-order valence-corrected chi connectivity index (χ4v) is 3.30. The molecule has 2 heterocycles. The molecular weight excluding hydrogens is 352 g/mol. The SMILES string of the molecule is COc1cccc(-c2nc(=S)c3c([nH]2)Oc2c(O)cccc2C3)c1OC. The highest BCUT2D eigenvalue weighted by molar-refractivity contribution is 7.71. The molecule has 3 aromatic rings. The van der Waals surface area contributed by atoms with Crippen molar-refractivity contribution in [2.24, 2.45) is 0 Å². The Morgan fingerprint density at radius 2 is 1.96 bits per heavy atom. The Hall–Kier alpha value is -3.06. The summed E-state index contributed by atoms with van der Waals surface area (Å²) in [6.07, 6.45) is 0.539. The van der Waals surface area contributed by atoms with E-state index in [2.05, 4.69) is 9.97 Å². The van der Waals surface area contributed by atoms with Crippen LogP contribution >= 0.6 is 12.2 Å². The number of aromatic hydroxyl groups is 1. The average molecular weight is 368 g/mol. The predicted molar refractivity (Wildman–Crippen MR) is 98.9 cm³/mol. The van der Waals surface area contributed by atoms with Crippen LogP contribution in [0.15, 0.2) is 36.4 Å². The number of phenols is 1. The standard InChI is InChI=1S/C19H16N2O4S/c1-23-14-8-4-6-11(16(14)24-2)17-20-18-12(19(26)21-17)9-10-5-3-7-13(22)15(10)25-18/h3-8,22H,9H2,1-2H3,(H,20,21,26). The molecule has 1 aromatic heterocycles. The van der Waals surface area contributed by atoms with Crippen molar-refractivity contribution in [2.75, 3.05) is 14.2 Å². The minimum Gasteiger partial charge on any atom is -0.504 e. The quantitative estimate of drug-likeness (QED) is 0.527. The van der Waals surface area contributed by atoms with Gasteiger partial charge in [-0.15, -0.1) is 0 Å². The van der Waals surface area contributed by atoms with Crippen LogP contribution < -0.4 is 14.2 Å². The molecular formula is C19H16N2O4S. The van der Waals surface area contributed by atoms with Crippen molar-refractivity contribution < 1.29 is 19.3 Å². The summed E-state index contributed by atoms with van der Waals surface area (Å²) in [5.74, 6) is 2.63. The summed E-state index contributed by atoms with van der Waals surface area (Å²) in [5, 5.41) is 10.1. The third kappa shape index (κ3) is 2.57. The third-order valence-electron chi connectivity index (χ3n) is 4.28. The highest BCUT2D eigenvalue weighted by Crippen LogP contribution is 2.43. The summed E-state index contributed by atoms with van der Waals surface area (Å²) < 4.78 is 17.2. The van der Waals surface area contributed by atoms with Gasteiger partial charge in [-0.05, 0) is 18.2 Å². The van der Waals surface area contributed by atoms with Gasteiger partial charge in [-0.25, -0.2) is 4.98 Å². The van der Waals surface area contributed by atoms with Gasteiger partial charge in [0, 0.05) is 12.0 Å². The minimum atomic E-state index is 0.0878. The normalized spacial score (nSPS) is 11.9. The number of aromatic nitrogens is 2. The molecule has 1 aliphatic rings. The van der Waals surface area contributed by atoms with E-state index in [4.69, 9.17) is 26.4 Å². The van der Waals surface area contributed by atoms with Crippen LogP contribution in [0.1, 0.15) is 11.1 Å². The molecule has 4 rings (SSSR count). The number of nitrogens with one attached hydrogen (secondary N) is 1. The molecule has 0 bridgehead atoms. The van der Waals surface area contributed by atoms with E-state index in [-0.39, 0.29) is 5.75 Å². The Kier molecular flexibility index (Phi) is 4.00. The molecule has 0 saturated carbocycles. The minimum absolute atomic E-state index is 0.0878. The van der Waals surface area contributed by atoms with Crippen LogP contribution in [0.25, 0.3) is 11.4 Å². The first-order valence-corrected chi connectivity index (χ1v) is 8.36. The van der Waals surface area contributed by atoms with Crippen molar-refractivity contribution in [2.45, 2.75) is 6.42 Å². The summed E-state index contributed by atoms with van der Waals surface area (Å²) in [4.78, 5) is 7.69. The van der Waals surface area contributed by atoms with Crippen molar-refractivity contribution in [3.05, 3.63) is 52.2 Å². The fourth-order valence-electron chi connectivity index (χ4n) is 3.04. The highest BCUT2D eigenvalue weighted by Gasteiger charge is 2.24. The first kappa shape index (κ1) is 16.4.